The average molecular weight is 590 g/mol. The van der Waals surface area contributed by atoms with Crippen LogP contribution in [0.2, 0.25) is 0 Å². The molecule has 0 saturated carbocycles. The summed E-state index contributed by atoms with van der Waals surface area (Å²) in [5.41, 5.74) is 1.04. The topological polar surface area (TPSA) is 127 Å². The summed E-state index contributed by atoms with van der Waals surface area (Å²) < 4.78 is 6.26. The van der Waals surface area contributed by atoms with Crippen molar-refractivity contribution in [2.45, 2.75) is 27.7 Å². The molecule has 0 aliphatic rings. The summed E-state index contributed by atoms with van der Waals surface area (Å²) in [6.45, 7) is 8.09. The molecule has 11 heteroatoms. The summed E-state index contributed by atoms with van der Waals surface area (Å²) >= 11 is 5.43. The van der Waals surface area contributed by atoms with Crippen LogP contribution in [-0.2, 0) is 9.53 Å². The molecule has 0 saturated heterocycles. The molecule has 0 aliphatic heterocycles. The van der Waals surface area contributed by atoms with Crippen LogP contribution in [-0.4, -0.2) is 46.0 Å². The van der Waals surface area contributed by atoms with E-state index in [9.17, 15) is 9.90 Å². The Morgan fingerprint density at radius 1 is 1.46 bits per heavy atom. The molecule has 0 radical (unpaired) electrons. The Labute approximate surface area is 191 Å². The van der Waals surface area contributed by atoms with Gasteiger partial charge in [-0.2, -0.15) is 5.10 Å². The quantitative estimate of drug-likeness (QED) is 0.0582. The Balaban J connectivity index is 0.000000749. The normalized spacial score (nSPS) is 13.5. The van der Waals surface area contributed by atoms with Gasteiger partial charge in [0.15, 0.2) is 0 Å². The van der Waals surface area contributed by atoms with E-state index in [4.69, 9.17) is 16.4 Å². The number of hydrogen-bond donors (Lipinski definition) is 3. The van der Waals surface area contributed by atoms with Crippen LogP contribution in [0.5, 0.6) is 0 Å². The first-order valence-corrected chi connectivity index (χ1v) is 12.9. The van der Waals surface area contributed by atoms with Crippen LogP contribution in [0.25, 0.3) is 0 Å². The first-order chi connectivity index (χ1) is 13.1. The van der Waals surface area contributed by atoms with Gasteiger partial charge >= 0.3 is 5.97 Å². The fourth-order valence-corrected chi connectivity index (χ4v) is 3.67. The van der Waals surface area contributed by atoms with Crippen molar-refractivity contribution in [3.05, 3.63) is 28.5 Å². The van der Waals surface area contributed by atoms with Crippen molar-refractivity contribution in [3.63, 3.8) is 0 Å². The van der Waals surface area contributed by atoms with E-state index >= 15 is 0 Å². The molecule has 2 unspecified atom stereocenters. The summed E-state index contributed by atoms with van der Waals surface area (Å²) in [5.74, 6) is 10.4. The minimum atomic E-state index is -0.885. The summed E-state index contributed by atoms with van der Waals surface area (Å²) in [6, 6.07) is 5.84. The van der Waals surface area contributed by atoms with Gasteiger partial charge in [0.25, 0.3) is 0 Å². The van der Waals surface area contributed by atoms with Gasteiger partial charge in [-0.15, -0.1) is 0 Å². The van der Waals surface area contributed by atoms with E-state index in [1.807, 2.05) is 39.0 Å². The largest absolute Gasteiger partial charge is 0.481 e. The molecule has 1 rings (SSSR count). The van der Waals surface area contributed by atoms with Gasteiger partial charge in [0, 0.05) is 17.4 Å². The maximum atomic E-state index is 11.3. The predicted molar refractivity (Wildman–Crippen MR) is 127 cm³/mol. The van der Waals surface area contributed by atoms with Gasteiger partial charge in [-0.25, -0.2) is 10.8 Å². The van der Waals surface area contributed by atoms with Crippen molar-refractivity contribution in [1.82, 2.24) is 9.99 Å². The summed E-state index contributed by atoms with van der Waals surface area (Å²) in [7, 11) is 1.64. The zero-order valence-corrected chi connectivity index (χ0v) is 21.1. The molecule has 5 N–H and O–H groups in total. The highest BCUT2D eigenvalue weighted by Crippen LogP contribution is 2.23. The van der Waals surface area contributed by atoms with Crippen molar-refractivity contribution in [2.75, 3.05) is 19.1 Å². The third-order valence-corrected chi connectivity index (χ3v) is 5.85. The van der Waals surface area contributed by atoms with Crippen molar-refractivity contribution < 1.29 is 14.6 Å². The zero-order valence-electron chi connectivity index (χ0n) is 16.5. The van der Waals surface area contributed by atoms with Crippen LogP contribution in [0.15, 0.2) is 27.9 Å². The number of carboxylic acid groups (broad SMARTS) is 1. The van der Waals surface area contributed by atoms with E-state index in [0.717, 1.165) is 16.0 Å². The number of amidine groups is 1. The number of pyridine rings is 1. The second-order valence-electron chi connectivity index (χ2n) is 6.31. The number of carbonyl (C=O) groups is 1. The van der Waals surface area contributed by atoms with E-state index in [1.54, 1.807) is 15.9 Å². The maximum Gasteiger partial charge on any atom is 0.307 e. The molecule has 8 nitrogen and oxygen atoms in total. The number of nitrogens with two attached hydrogens (primary N) is 2. The Morgan fingerprint density at radius 3 is 2.50 bits per heavy atom. The van der Waals surface area contributed by atoms with Crippen LogP contribution in [0, 0.1) is 24.7 Å². The van der Waals surface area contributed by atoms with Gasteiger partial charge in [0.2, 0.25) is 0 Å². The van der Waals surface area contributed by atoms with Crippen molar-refractivity contribution in [1.29, 1.82) is 0 Å². The molecule has 0 fully saturated rings. The minimum Gasteiger partial charge on any atom is -0.481 e. The fraction of sp³-hybridized carbons (Fsp3) is 0.588. The Bertz CT molecular complexity index is 607. The maximum absolute atomic E-state index is 11.3. The molecule has 1 heterocycles. The number of hydrazine groups is 1. The van der Waals surface area contributed by atoms with E-state index < -0.39 is 17.8 Å². The van der Waals surface area contributed by atoms with Gasteiger partial charge < -0.3 is 15.7 Å². The third-order valence-electron chi connectivity index (χ3n) is 3.77. The van der Waals surface area contributed by atoms with Crippen LogP contribution >= 0.6 is 46.1 Å². The highest BCUT2D eigenvalue weighted by atomic mass is 127. The number of aromatic nitrogens is 1. The Hall–Kier alpha value is -0.630. The third kappa shape index (κ3) is 10.8. The van der Waals surface area contributed by atoms with Crippen LogP contribution < -0.4 is 11.7 Å². The number of rotatable bonds is 9. The number of carboxylic acids is 1. The van der Waals surface area contributed by atoms with Crippen LogP contribution in [0.1, 0.15) is 26.5 Å². The molecule has 0 amide bonds. The van der Waals surface area contributed by atoms with Crippen molar-refractivity contribution in [2.24, 2.45) is 34.5 Å². The number of hydrazone groups is 1. The molecule has 0 bridgehead atoms. The van der Waals surface area contributed by atoms with Crippen LogP contribution in [0.4, 0.5) is 0 Å². The lowest BCUT2D eigenvalue weighted by atomic mass is 9.83. The van der Waals surface area contributed by atoms with Gasteiger partial charge in [0.1, 0.15) is 17.2 Å². The number of hydrogen-bond acceptors (Lipinski definition) is 7. The van der Waals surface area contributed by atoms with E-state index in [2.05, 4.69) is 47.2 Å². The summed E-state index contributed by atoms with van der Waals surface area (Å²) in [5, 5.41) is 14.2. The predicted octanol–water partition coefficient (Wildman–Crippen LogP) is 3.64. The number of ether oxygens (including phenoxy) is 1. The van der Waals surface area contributed by atoms with Gasteiger partial charge in [-0.1, -0.05) is 35.8 Å². The fourth-order valence-electron chi connectivity index (χ4n) is 2.52. The second kappa shape index (κ2) is 15.2. The minimum absolute atomic E-state index is 0.0519. The molecule has 2 atom stereocenters. The first kappa shape index (κ1) is 27.4. The molecule has 0 aliphatic carbocycles. The number of aliphatic carboxylic acids is 1. The lowest BCUT2D eigenvalue weighted by Gasteiger charge is -2.29. The van der Waals surface area contributed by atoms with Crippen molar-refractivity contribution in [3.8, 4) is 0 Å². The van der Waals surface area contributed by atoms with Crippen LogP contribution in [0.3, 0.4) is 0 Å². The Morgan fingerprint density at radius 2 is 2.11 bits per heavy atom. The van der Waals surface area contributed by atoms with E-state index in [-0.39, 0.29) is 12.6 Å². The standard InChI is InChI=1S/C11H23IN4O3S.C6H6BrN/c1-7(2)9(11(17)18)8(3)10(15-13)16(14)6-19-4-5-20-12;1-5-3-2-4-6(7)8-5/h7-9H,4-6,13-14H2,1-3H3,(H,17,18);2-4H,1H3/b15-10-;. The van der Waals surface area contributed by atoms with E-state index in [0.29, 0.717) is 12.4 Å². The Kier molecular flexibility index (Phi) is 14.9. The molecule has 1 aromatic rings. The molecule has 0 spiro atoms. The average Bonchev–Trinajstić information content (AvgIpc) is 2.59. The molecule has 0 aromatic carbocycles. The smallest absolute Gasteiger partial charge is 0.307 e. The zero-order chi connectivity index (χ0) is 21.7. The number of halogens is 2. The second-order valence-corrected chi connectivity index (χ2v) is 9.61. The molecule has 160 valence electrons. The summed E-state index contributed by atoms with van der Waals surface area (Å²) in [6.07, 6.45) is 0. The first-order valence-electron chi connectivity index (χ1n) is 8.58. The monoisotopic (exact) mass is 589 g/mol. The lowest BCUT2D eigenvalue weighted by molar-refractivity contribution is -0.144. The molecule has 1 aromatic heterocycles. The number of nitrogens with zero attached hydrogens (tertiary/aromatic N) is 3. The van der Waals surface area contributed by atoms with E-state index in [1.165, 1.54) is 5.01 Å². The van der Waals surface area contributed by atoms with Crippen molar-refractivity contribution >= 4 is 57.9 Å². The van der Waals surface area contributed by atoms with Gasteiger partial charge in [0.05, 0.1) is 12.5 Å². The van der Waals surface area contributed by atoms with Gasteiger partial charge in [-0.3, -0.25) is 9.80 Å². The van der Waals surface area contributed by atoms with Gasteiger partial charge in [-0.05, 0) is 62.1 Å². The molecular weight excluding hydrogens is 561 g/mol. The highest BCUT2D eigenvalue weighted by molar-refractivity contribution is 14.2. The molecule has 28 heavy (non-hydrogen) atoms. The summed E-state index contributed by atoms with van der Waals surface area (Å²) in [4.78, 5) is 15.4. The molecular formula is C17H29BrIN5O3S. The SMILES string of the molecule is CC(C)C(C(=O)O)C(C)/C(=N/N)N(N)COCCSI.Cc1cccc(Br)n1. The lowest BCUT2D eigenvalue weighted by Crippen LogP contribution is -2.47. The number of aryl methyl sites for hydroxylation is 1. The highest BCUT2D eigenvalue weighted by Gasteiger charge is 2.33.